The van der Waals surface area contributed by atoms with Crippen molar-refractivity contribution >= 4 is 39.6 Å². The molecule has 37 heavy (non-hydrogen) atoms. The summed E-state index contributed by atoms with van der Waals surface area (Å²) in [7, 11) is 0. The number of nitrogens with one attached hydrogen (secondary N) is 3. The first-order valence-corrected chi connectivity index (χ1v) is 13.4. The molecule has 4 saturated carbocycles. The van der Waals surface area contributed by atoms with Crippen molar-refractivity contribution in [3.63, 3.8) is 0 Å². The van der Waals surface area contributed by atoms with E-state index in [-0.39, 0.29) is 6.04 Å². The second-order valence-electron chi connectivity index (χ2n) is 11.4. The number of pyridine rings is 1. The molecule has 8 rings (SSSR count). The maximum absolute atomic E-state index is 12.9. The molecule has 196 valence electrons. The number of amides is 2. The lowest BCUT2D eigenvalue weighted by Gasteiger charge is -2.58. The van der Waals surface area contributed by atoms with Gasteiger partial charge in [0.15, 0.2) is 5.65 Å². The Bertz CT molecular complexity index is 1340. The molecule has 11 nitrogen and oxygen atoms in total. The minimum absolute atomic E-state index is 0.188. The van der Waals surface area contributed by atoms with Crippen LogP contribution < -0.4 is 10.6 Å². The highest BCUT2D eigenvalue weighted by atomic mass is 16.5. The second-order valence-corrected chi connectivity index (χ2v) is 11.4. The van der Waals surface area contributed by atoms with Crippen LogP contribution >= 0.6 is 0 Å². The lowest BCUT2D eigenvalue weighted by molar-refractivity contribution is -0.148. The van der Waals surface area contributed by atoms with E-state index in [0.29, 0.717) is 55.5 Å². The monoisotopic (exact) mass is 507 g/mol. The van der Waals surface area contributed by atoms with Crippen LogP contribution in [0.4, 0.5) is 5.82 Å². The van der Waals surface area contributed by atoms with Crippen LogP contribution in [0.15, 0.2) is 18.5 Å². The van der Waals surface area contributed by atoms with E-state index in [9.17, 15) is 14.7 Å². The maximum Gasteiger partial charge on any atom is 0.314 e. The van der Waals surface area contributed by atoms with Gasteiger partial charge in [0.25, 0.3) is 0 Å². The largest absolute Gasteiger partial charge is 0.390 e. The number of ether oxygens (including phenoxy) is 1. The van der Waals surface area contributed by atoms with Crippen LogP contribution in [0.3, 0.4) is 0 Å². The van der Waals surface area contributed by atoms with Crippen molar-refractivity contribution in [2.75, 3.05) is 44.7 Å². The number of carbonyl (C=O) groups is 2. The van der Waals surface area contributed by atoms with Gasteiger partial charge in [-0.25, -0.2) is 9.97 Å². The van der Waals surface area contributed by atoms with E-state index in [0.717, 1.165) is 61.5 Å². The predicted octanol–water partition coefficient (Wildman–Crippen LogP) is 1.41. The summed E-state index contributed by atoms with van der Waals surface area (Å²) >= 11 is 0. The number of aromatic amines is 1. The Kier molecular flexibility index (Phi) is 5.49. The first kappa shape index (κ1) is 23.1. The number of rotatable bonds is 5. The number of fused-ring (bicyclic) bond motifs is 3. The number of carbonyl (C=O) groups excluding carboxylic acids is 2. The minimum atomic E-state index is -0.711. The van der Waals surface area contributed by atoms with Gasteiger partial charge in [0, 0.05) is 44.0 Å². The van der Waals surface area contributed by atoms with Crippen molar-refractivity contribution < 1.29 is 19.4 Å². The van der Waals surface area contributed by atoms with E-state index < -0.39 is 17.4 Å². The smallest absolute Gasteiger partial charge is 0.314 e. The van der Waals surface area contributed by atoms with Gasteiger partial charge in [-0.3, -0.25) is 24.3 Å². The molecular formula is C26H33N7O4. The molecule has 3 aromatic rings. The first-order valence-electron chi connectivity index (χ1n) is 13.4. The molecule has 3 unspecified atom stereocenters. The zero-order valence-electron chi connectivity index (χ0n) is 20.8. The number of hydrogen-bond donors (Lipinski definition) is 4. The third-order valence-electron chi connectivity index (χ3n) is 9.00. The van der Waals surface area contributed by atoms with Crippen LogP contribution in [0, 0.1) is 17.8 Å². The van der Waals surface area contributed by atoms with Crippen LogP contribution in [-0.4, -0.2) is 86.6 Å². The molecule has 4 heterocycles. The van der Waals surface area contributed by atoms with E-state index in [1.165, 1.54) is 0 Å². The third kappa shape index (κ3) is 4.00. The van der Waals surface area contributed by atoms with Gasteiger partial charge in [0.05, 0.1) is 35.8 Å². The molecule has 1 saturated heterocycles. The Labute approximate surface area is 213 Å². The van der Waals surface area contributed by atoms with Gasteiger partial charge in [-0.1, -0.05) is 0 Å². The number of aromatic nitrogens is 4. The molecule has 0 aromatic carbocycles. The summed E-state index contributed by atoms with van der Waals surface area (Å²) in [6, 6.07) is 2.13. The van der Waals surface area contributed by atoms with Crippen molar-refractivity contribution in [1.82, 2.24) is 30.0 Å². The summed E-state index contributed by atoms with van der Waals surface area (Å²) in [5, 5.41) is 21.8. The van der Waals surface area contributed by atoms with Gasteiger partial charge < -0.3 is 20.5 Å². The fraction of sp³-hybridized carbons (Fsp3) is 0.615. The van der Waals surface area contributed by atoms with Gasteiger partial charge in [-0.2, -0.15) is 0 Å². The molecule has 4 bridgehead atoms. The predicted molar refractivity (Wildman–Crippen MR) is 136 cm³/mol. The van der Waals surface area contributed by atoms with E-state index >= 15 is 0 Å². The van der Waals surface area contributed by atoms with E-state index in [2.05, 4.69) is 35.3 Å². The maximum atomic E-state index is 12.9. The van der Waals surface area contributed by atoms with Crippen molar-refractivity contribution in [3.8, 4) is 0 Å². The number of nitrogens with zero attached hydrogens (tertiary/aromatic N) is 4. The summed E-state index contributed by atoms with van der Waals surface area (Å²) in [5.74, 6) is 0.401. The number of H-pyrrole nitrogens is 1. The fourth-order valence-electron chi connectivity index (χ4n) is 7.72. The Morgan fingerprint density at radius 1 is 1.11 bits per heavy atom. The molecule has 4 aliphatic carbocycles. The standard InChI is InChI=1S/C26H33N7O4/c34-24(28-3-4-32-5-7-37-8-6-32)25(35)30-23-19-14-29-22-18(1-2-27-22)21(19)33(31-23)20-16-9-15-10-17(20)13-26(36,11-15)12-16/h1-2,14-17,20,31,36H,3-13H2,(H,28,34)(H,30,35)/t15?,16-,17+,20?,26?. The van der Waals surface area contributed by atoms with Crippen molar-refractivity contribution in [2.45, 2.75) is 43.7 Å². The number of anilines is 1. The molecule has 3 aromatic heterocycles. The summed E-state index contributed by atoms with van der Waals surface area (Å²) in [4.78, 5) is 36.6. The Morgan fingerprint density at radius 2 is 1.89 bits per heavy atom. The third-order valence-corrected chi connectivity index (χ3v) is 9.00. The topological polar surface area (TPSA) is 137 Å². The van der Waals surface area contributed by atoms with Crippen LogP contribution in [0.2, 0.25) is 0 Å². The van der Waals surface area contributed by atoms with Crippen molar-refractivity contribution in [3.05, 3.63) is 18.5 Å². The second kappa shape index (κ2) is 8.78. The van der Waals surface area contributed by atoms with Crippen LogP contribution in [-0.2, 0) is 14.3 Å². The van der Waals surface area contributed by atoms with Gasteiger partial charge >= 0.3 is 11.8 Å². The lowest BCUT2D eigenvalue weighted by atomic mass is 9.52. The number of hydrogen-bond acceptors (Lipinski definition) is 7. The zero-order chi connectivity index (χ0) is 25.1. The summed E-state index contributed by atoms with van der Waals surface area (Å²) in [5.41, 5.74) is 1.06. The zero-order valence-corrected chi connectivity index (χ0v) is 20.8. The highest BCUT2D eigenvalue weighted by Crippen LogP contribution is 2.60. The molecule has 5 fully saturated rings. The SMILES string of the molecule is O=C(NCCN1CCOCC1)C(=O)Nc1[nH]n(C2[C@@H]3CC4C[C@H]2CC(O)(C4)C3)c2c1cnc1nccc12. The lowest BCUT2D eigenvalue weighted by Crippen LogP contribution is -2.55. The molecule has 0 radical (unpaired) electrons. The molecule has 0 spiro atoms. The molecule has 4 N–H and O–H groups in total. The molecule has 2 amide bonds. The van der Waals surface area contributed by atoms with Gasteiger partial charge in [-0.15, -0.1) is 0 Å². The molecule has 5 atom stereocenters. The quantitative estimate of drug-likeness (QED) is 0.383. The number of morpholine rings is 1. The minimum Gasteiger partial charge on any atom is -0.390 e. The Morgan fingerprint density at radius 3 is 2.65 bits per heavy atom. The first-order chi connectivity index (χ1) is 18.0. The molecule has 1 aliphatic heterocycles. The van der Waals surface area contributed by atoms with Crippen LogP contribution in [0.25, 0.3) is 21.9 Å². The van der Waals surface area contributed by atoms with Gasteiger partial charge in [0.1, 0.15) is 5.82 Å². The Balaban J connectivity index is 1.15. The summed E-state index contributed by atoms with van der Waals surface area (Å²) in [6.45, 7) is 4.12. The highest BCUT2D eigenvalue weighted by molar-refractivity contribution is 6.40. The van der Waals surface area contributed by atoms with Crippen molar-refractivity contribution in [2.24, 2.45) is 17.8 Å². The van der Waals surface area contributed by atoms with Gasteiger partial charge in [0.2, 0.25) is 0 Å². The fourth-order valence-corrected chi connectivity index (χ4v) is 7.72. The molecule has 5 aliphatic rings. The van der Waals surface area contributed by atoms with Gasteiger partial charge in [-0.05, 0) is 55.9 Å². The Hall–Kier alpha value is -3.02. The van der Waals surface area contributed by atoms with Crippen LogP contribution in [0.1, 0.15) is 38.1 Å². The summed E-state index contributed by atoms with van der Waals surface area (Å²) in [6.07, 6.45) is 8.21. The molecule has 11 heteroatoms. The number of aliphatic hydroxyl groups is 1. The van der Waals surface area contributed by atoms with E-state index in [1.807, 2.05) is 6.07 Å². The molecular weight excluding hydrogens is 474 g/mol. The van der Waals surface area contributed by atoms with Crippen molar-refractivity contribution in [1.29, 1.82) is 0 Å². The van der Waals surface area contributed by atoms with Crippen LogP contribution in [0.5, 0.6) is 0 Å². The van der Waals surface area contributed by atoms with E-state index in [4.69, 9.17) is 4.74 Å². The summed E-state index contributed by atoms with van der Waals surface area (Å²) < 4.78 is 7.52. The normalized spacial score (nSPS) is 31.3. The average Bonchev–Trinajstić information content (AvgIpc) is 3.48. The average molecular weight is 508 g/mol. The van der Waals surface area contributed by atoms with E-state index in [1.54, 1.807) is 12.4 Å². The highest BCUT2D eigenvalue weighted by Gasteiger charge is 2.55.